The Labute approximate surface area is 157 Å². The number of fused-ring (bicyclic) bond motifs is 2. The minimum Gasteiger partial charge on any atom is -0.326 e. The molecule has 27 heavy (non-hydrogen) atoms. The van der Waals surface area contributed by atoms with Gasteiger partial charge in [-0.15, -0.1) is 11.3 Å². The fourth-order valence-corrected chi connectivity index (χ4v) is 3.55. The largest absolute Gasteiger partial charge is 0.326 e. The molecule has 2 aromatic carbocycles. The molecule has 0 saturated heterocycles. The van der Waals surface area contributed by atoms with E-state index >= 15 is 0 Å². The maximum absolute atomic E-state index is 12.2. The molecule has 2 aromatic heterocycles. The molecule has 0 radical (unpaired) electrons. The zero-order valence-electron chi connectivity index (χ0n) is 13.9. The van der Waals surface area contributed by atoms with Crippen LogP contribution in [0.4, 0.5) is 5.69 Å². The number of hydrogen-bond acceptors (Lipinski definition) is 7. The van der Waals surface area contributed by atoms with Gasteiger partial charge < -0.3 is 5.32 Å². The van der Waals surface area contributed by atoms with Crippen molar-refractivity contribution < 1.29 is 4.79 Å². The highest BCUT2D eigenvalue weighted by molar-refractivity contribution is 7.16. The number of carbonyl (C=O) groups is 1. The third-order valence-corrected chi connectivity index (χ3v) is 4.88. The lowest BCUT2D eigenvalue weighted by Crippen LogP contribution is -2.29. The van der Waals surface area contributed by atoms with Crippen LogP contribution < -0.4 is 10.6 Å². The molecule has 3 heterocycles. The first-order valence-electron chi connectivity index (χ1n) is 8.17. The summed E-state index contributed by atoms with van der Waals surface area (Å²) in [6.45, 7) is 0. The third kappa shape index (κ3) is 3.02. The van der Waals surface area contributed by atoms with E-state index < -0.39 is 0 Å². The van der Waals surface area contributed by atoms with Crippen molar-refractivity contribution in [1.29, 1.82) is 0 Å². The monoisotopic (exact) mass is 372 g/mol. The van der Waals surface area contributed by atoms with Crippen LogP contribution >= 0.6 is 11.3 Å². The summed E-state index contributed by atoms with van der Waals surface area (Å²) in [5, 5.41) is 5.84. The summed E-state index contributed by atoms with van der Waals surface area (Å²) in [6, 6.07) is 11.4. The molecule has 0 unspecified atom stereocenters. The SMILES string of the molecule is O=C1NC(Nc2ccc3nccnc3c2)=N/C1=C\c1ccc2ncsc2c1. The molecular formula is C19H12N6OS. The molecule has 0 spiro atoms. The molecule has 0 fully saturated rings. The second kappa shape index (κ2) is 6.26. The van der Waals surface area contributed by atoms with Crippen LogP contribution in [0.2, 0.25) is 0 Å². The number of amides is 1. The molecule has 1 aliphatic rings. The Morgan fingerprint density at radius 1 is 0.963 bits per heavy atom. The molecule has 0 aliphatic carbocycles. The number of rotatable bonds is 2. The van der Waals surface area contributed by atoms with Gasteiger partial charge in [0.15, 0.2) is 0 Å². The van der Waals surface area contributed by atoms with Gasteiger partial charge >= 0.3 is 0 Å². The van der Waals surface area contributed by atoms with Gasteiger partial charge in [-0.25, -0.2) is 9.98 Å². The van der Waals surface area contributed by atoms with E-state index in [1.54, 1.807) is 35.3 Å². The lowest BCUT2D eigenvalue weighted by Gasteiger charge is -2.05. The summed E-state index contributed by atoms with van der Waals surface area (Å²) in [5.41, 5.74) is 6.35. The van der Waals surface area contributed by atoms with Gasteiger partial charge in [-0.05, 0) is 42.0 Å². The van der Waals surface area contributed by atoms with E-state index in [0.717, 1.165) is 32.5 Å². The molecule has 0 saturated carbocycles. The standard InChI is InChI=1S/C19H12N6OS/c26-18-16(7-11-1-3-14-17(8-11)27-10-22-14)24-19(25-18)23-12-2-4-13-15(9-12)21-6-5-20-13/h1-10H,(H2,23,24,25,26)/b16-7-. The van der Waals surface area contributed by atoms with Gasteiger partial charge in [-0.3, -0.25) is 20.1 Å². The summed E-state index contributed by atoms with van der Waals surface area (Å²) in [6.07, 6.45) is 5.05. The Balaban J connectivity index is 1.42. The van der Waals surface area contributed by atoms with Crippen molar-refractivity contribution in [3.8, 4) is 0 Å². The van der Waals surface area contributed by atoms with Crippen LogP contribution in [0.1, 0.15) is 5.56 Å². The van der Waals surface area contributed by atoms with Gasteiger partial charge in [0.1, 0.15) is 5.70 Å². The van der Waals surface area contributed by atoms with Crippen LogP contribution in [0.15, 0.2) is 65.0 Å². The van der Waals surface area contributed by atoms with Crippen LogP contribution in [0.25, 0.3) is 27.3 Å². The van der Waals surface area contributed by atoms with E-state index in [1.807, 2.05) is 36.4 Å². The maximum Gasteiger partial charge on any atom is 0.276 e. The number of nitrogens with one attached hydrogen (secondary N) is 2. The van der Waals surface area contributed by atoms with Crippen LogP contribution in [-0.4, -0.2) is 26.8 Å². The number of nitrogens with zero attached hydrogens (tertiary/aromatic N) is 4. The smallest absolute Gasteiger partial charge is 0.276 e. The Morgan fingerprint density at radius 2 is 1.81 bits per heavy atom. The summed E-state index contributed by atoms with van der Waals surface area (Å²) in [7, 11) is 0. The number of thiazole rings is 1. The minimum absolute atomic E-state index is 0.248. The predicted molar refractivity (Wildman–Crippen MR) is 106 cm³/mol. The zero-order valence-corrected chi connectivity index (χ0v) is 14.7. The minimum atomic E-state index is -0.248. The Kier molecular flexibility index (Phi) is 3.61. The van der Waals surface area contributed by atoms with Crippen LogP contribution in [0, 0.1) is 0 Å². The van der Waals surface area contributed by atoms with Gasteiger partial charge in [-0.1, -0.05) is 6.07 Å². The Hall–Kier alpha value is -3.65. The first kappa shape index (κ1) is 15.6. The van der Waals surface area contributed by atoms with E-state index in [2.05, 4.69) is 30.6 Å². The second-order valence-corrected chi connectivity index (χ2v) is 6.79. The van der Waals surface area contributed by atoms with Crippen molar-refractivity contribution >= 4 is 56.2 Å². The van der Waals surface area contributed by atoms with Crippen LogP contribution in [-0.2, 0) is 4.79 Å². The highest BCUT2D eigenvalue weighted by atomic mass is 32.1. The van der Waals surface area contributed by atoms with Gasteiger partial charge in [0.05, 0.1) is 26.8 Å². The first-order chi connectivity index (χ1) is 13.2. The molecule has 4 aromatic rings. The maximum atomic E-state index is 12.2. The number of anilines is 1. The first-order valence-corrected chi connectivity index (χ1v) is 9.05. The molecule has 8 heteroatoms. The van der Waals surface area contributed by atoms with Crippen LogP contribution in [0.5, 0.6) is 0 Å². The molecule has 1 aliphatic heterocycles. The van der Waals surface area contributed by atoms with E-state index in [-0.39, 0.29) is 5.91 Å². The molecule has 1 amide bonds. The zero-order chi connectivity index (χ0) is 18.2. The number of carbonyl (C=O) groups excluding carboxylic acids is 1. The average Bonchev–Trinajstić information content (AvgIpc) is 3.28. The highest BCUT2D eigenvalue weighted by Gasteiger charge is 2.20. The van der Waals surface area contributed by atoms with E-state index in [1.165, 1.54) is 0 Å². The van der Waals surface area contributed by atoms with Crippen molar-refractivity contribution in [2.75, 3.05) is 5.32 Å². The lowest BCUT2D eigenvalue weighted by atomic mass is 10.2. The van der Waals surface area contributed by atoms with Crippen molar-refractivity contribution in [1.82, 2.24) is 20.3 Å². The van der Waals surface area contributed by atoms with E-state index in [4.69, 9.17) is 0 Å². The molecule has 130 valence electrons. The van der Waals surface area contributed by atoms with E-state index in [9.17, 15) is 4.79 Å². The number of aliphatic imine (C=N–C) groups is 1. The normalized spacial score (nSPS) is 15.3. The lowest BCUT2D eigenvalue weighted by molar-refractivity contribution is -0.115. The van der Waals surface area contributed by atoms with Crippen molar-refractivity contribution in [3.63, 3.8) is 0 Å². The number of benzene rings is 2. The fourth-order valence-electron chi connectivity index (χ4n) is 2.82. The summed E-state index contributed by atoms with van der Waals surface area (Å²) < 4.78 is 1.07. The number of hydrogen-bond donors (Lipinski definition) is 2. The second-order valence-electron chi connectivity index (χ2n) is 5.91. The third-order valence-electron chi connectivity index (χ3n) is 4.09. The number of guanidine groups is 1. The van der Waals surface area contributed by atoms with Crippen molar-refractivity contribution in [2.45, 2.75) is 0 Å². The highest BCUT2D eigenvalue weighted by Crippen LogP contribution is 2.22. The molecule has 5 rings (SSSR count). The Morgan fingerprint density at radius 3 is 2.74 bits per heavy atom. The van der Waals surface area contributed by atoms with Gasteiger partial charge in [0.25, 0.3) is 5.91 Å². The number of aromatic nitrogens is 3. The molecule has 0 bridgehead atoms. The summed E-state index contributed by atoms with van der Waals surface area (Å²) in [4.78, 5) is 29.4. The molecule has 7 nitrogen and oxygen atoms in total. The summed E-state index contributed by atoms with van der Waals surface area (Å²) in [5.74, 6) is 0.135. The molecular weight excluding hydrogens is 360 g/mol. The quantitative estimate of drug-likeness (QED) is 0.527. The van der Waals surface area contributed by atoms with Gasteiger partial charge in [0.2, 0.25) is 5.96 Å². The van der Waals surface area contributed by atoms with Gasteiger partial charge in [0, 0.05) is 18.1 Å². The fraction of sp³-hybridized carbons (Fsp3) is 0. The Bertz CT molecular complexity index is 1260. The van der Waals surface area contributed by atoms with Crippen molar-refractivity contribution in [3.05, 3.63) is 65.6 Å². The van der Waals surface area contributed by atoms with Crippen molar-refractivity contribution in [2.24, 2.45) is 4.99 Å². The summed E-state index contributed by atoms with van der Waals surface area (Å²) >= 11 is 1.56. The molecule has 2 N–H and O–H groups in total. The average molecular weight is 372 g/mol. The van der Waals surface area contributed by atoms with Crippen LogP contribution in [0.3, 0.4) is 0 Å². The topological polar surface area (TPSA) is 92.2 Å². The van der Waals surface area contributed by atoms with Gasteiger partial charge in [-0.2, -0.15) is 0 Å². The molecule has 0 atom stereocenters. The van der Waals surface area contributed by atoms with E-state index in [0.29, 0.717) is 11.7 Å². The predicted octanol–water partition coefficient (Wildman–Crippen LogP) is 3.18.